The summed E-state index contributed by atoms with van der Waals surface area (Å²) in [5.74, 6) is 0.714. The van der Waals surface area contributed by atoms with Crippen molar-refractivity contribution in [1.82, 2.24) is 19.9 Å². The van der Waals surface area contributed by atoms with Crippen LogP contribution in [0.4, 0.5) is 0 Å². The Morgan fingerprint density at radius 3 is 3.00 bits per heavy atom. The molecule has 0 fully saturated rings. The van der Waals surface area contributed by atoms with Crippen molar-refractivity contribution in [2.45, 2.75) is 19.8 Å². The quantitative estimate of drug-likeness (QED) is 0.788. The predicted octanol–water partition coefficient (Wildman–Crippen LogP) is 2.78. The Morgan fingerprint density at radius 1 is 1.25 bits per heavy atom. The van der Waals surface area contributed by atoms with Crippen LogP contribution in [0.15, 0.2) is 30.6 Å². The smallest absolute Gasteiger partial charge is 0.130 e. The average molecular weight is 263 g/mol. The Bertz CT molecular complexity index is 797. The van der Waals surface area contributed by atoms with Crippen LogP contribution in [0.2, 0.25) is 0 Å². The molecule has 0 saturated heterocycles. The van der Waals surface area contributed by atoms with E-state index in [0.717, 1.165) is 28.0 Å². The third-order valence-corrected chi connectivity index (χ3v) is 3.08. The third kappa shape index (κ3) is 2.36. The highest BCUT2D eigenvalue weighted by Crippen LogP contribution is 2.22. The van der Waals surface area contributed by atoms with E-state index in [1.54, 1.807) is 6.33 Å². The minimum absolute atomic E-state index is 0.433. The molecule has 0 aliphatic heterocycles. The SMILES string of the molecule is Cc1cc(-c2ccc3nc[nH]c3c2)nc(CCC#N)n1. The van der Waals surface area contributed by atoms with Gasteiger partial charge in [-0.15, -0.1) is 0 Å². The summed E-state index contributed by atoms with van der Waals surface area (Å²) in [6.45, 7) is 1.94. The number of aryl methyl sites for hydroxylation is 2. The van der Waals surface area contributed by atoms with Gasteiger partial charge in [0.15, 0.2) is 0 Å². The van der Waals surface area contributed by atoms with E-state index in [1.807, 2.05) is 31.2 Å². The first kappa shape index (κ1) is 12.3. The molecule has 3 rings (SSSR count). The topological polar surface area (TPSA) is 78.2 Å². The van der Waals surface area contributed by atoms with Crippen molar-refractivity contribution in [2.75, 3.05) is 0 Å². The Kier molecular flexibility index (Phi) is 3.13. The average Bonchev–Trinajstić information content (AvgIpc) is 2.92. The summed E-state index contributed by atoms with van der Waals surface area (Å²) in [6.07, 6.45) is 2.69. The lowest BCUT2D eigenvalue weighted by Gasteiger charge is -2.05. The van der Waals surface area contributed by atoms with Crippen molar-refractivity contribution in [3.8, 4) is 17.3 Å². The molecule has 2 heterocycles. The van der Waals surface area contributed by atoms with Crippen molar-refractivity contribution in [2.24, 2.45) is 0 Å². The first-order valence-electron chi connectivity index (χ1n) is 6.41. The van der Waals surface area contributed by atoms with Gasteiger partial charge in [-0.2, -0.15) is 5.26 Å². The molecule has 0 aliphatic rings. The van der Waals surface area contributed by atoms with Crippen molar-refractivity contribution in [3.05, 3.63) is 42.1 Å². The second kappa shape index (κ2) is 5.10. The summed E-state index contributed by atoms with van der Waals surface area (Å²) in [4.78, 5) is 16.2. The number of nitriles is 1. The van der Waals surface area contributed by atoms with Crippen LogP contribution >= 0.6 is 0 Å². The first-order chi connectivity index (χ1) is 9.76. The number of nitrogens with one attached hydrogen (secondary N) is 1. The van der Waals surface area contributed by atoms with E-state index >= 15 is 0 Å². The minimum atomic E-state index is 0.433. The van der Waals surface area contributed by atoms with Crippen molar-refractivity contribution < 1.29 is 0 Å². The fourth-order valence-electron chi connectivity index (χ4n) is 2.15. The van der Waals surface area contributed by atoms with Crippen LogP contribution < -0.4 is 0 Å². The lowest BCUT2D eigenvalue weighted by atomic mass is 10.1. The number of fused-ring (bicyclic) bond motifs is 1. The van der Waals surface area contributed by atoms with Gasteiger partial charge in [0.2, 0.25) is 0 Å². The first-order valence-corrected chi connectivity index (χ1v) is 6.41. The molecular weight excluding hydrogens is 250 g/mol. The number of aromatic amines is 1. The maximum Gasteiger partial charge on any atom is 0.130 e. The zero-order valence-electron chi connectivity index (χ0n) is 11.1. The number of rotatable bonds is 3. The second-order valence-electron chi connectivity index (χ2n) is 4.60. The Balaban J connectivity index is 2.03. The van der Waals surface area contributed by atoms with Gasteiger partial charge in [-0.3, -0.25) is 0 Å². The van der Waals surface area contributed by atoms with Gasteiger partial charge in [0.05, 0.1) is 29.1 Å². The van der Waals surface area contributed by atoms with Gasteiger partial charge in [0.1, 0.15) is 5.82 Å². The number of imidazole rings is 1. The number of benzene rings is 1. The number of hydrogen-bond donors (Lipinski definition) is 1. The van der Waals surface area contributed by atoms with E-state index in [-0.39, 0.29) is 0 Å². The fourth-order valence-corrected chi connectivity index (χ4v) is 2.15. The highest BCUT2D eigenvalue weighted by Gasteiger charge is 2.06. The molecule has 0 bridgehead atoms. The summed E-state index contributed by atoms with van der Waals surface area (Å²) in [6, 6.07) is 10.1. The monoisotopic (exact) mass is 263 g/mol. The molecule has 0 saturated carbocycles. The van der Waals surface area contributed by atoms with Crippen LogP contribution in [0.3, 0.4) is 0 Å². The van der Waals surface area contributed by atoms with Crippen LogP contribution in [0.25, 0.3) is 22.3 Å². The fraction of sp³-hybridized carbons (Fsp3) is 0.200. The van der Waals surface area contributed by atoms with E-state index < -0.39 is 0 Å². The van der Waals surface area contributed by atoms with Crippen LogP contribution in [-0.2, 0) is 6.42 Å². The summed E-state index contributed by atoms with van der Waals surface area (Å²) >= 11 is 0. The van der Waals surface area contributed by atoms with Crippen molar-refractivity contribution in [3.63, 3.8) is 0 Å². The van der Waals surface area contributed by atoms with Gasteiger partial charge in [-0.05, 0) is 25.1 Å². The van der Waals surface area contributed by atoms with E-state index in [4.69, 9.17) is 5.26 Å². The molecule has 20 heavy (non-hydrogen) atoms. The largest absolute Gasteiger partial charge is 0.345 e. The number of aromatic nitrogens is 4. The molecular formula is C15H13N5. The molecule has 0 aliphatic carbocycles. The van der Waals surface area contributed by atoms with Crippen molar-refractivity contribution >= 4 is 11.0 Å². The van der Waals surface area contributed by atoms with Crippen LogP contribution in [0.5, 0.6) is 0 Å². The van der Waals surface area contributed by atoms with Crippen LogP contribution in [-0.4, -0.2) is 19.9 Å². The molecule has 2 aromatic heterocycles. The summed E-state index contributed by atoms with van der Waals surface area (Å²) in [5, 5.41) is 8.66. The Hall–Kier alpha value is -2.74. The zero-order chi connectivity index (χ0) is 13.9. The van der Waals surface area contributed by atoms with E-state index in [1.165, 1.54) is 0 Å². The van der Waals surface area contributed by atoms with Gasteiger partial charge in [-0.25, -0.2) is 15.0 Å². The molecule has 0 spiro atoms. The Labute approximate surface area is 116 Å². The van der Waals surface area contributed by atoms with Crippen LogP contribution in [0.1, 0.15) is 17.9 Å². The van der Waals surface area contributed by atoms with Gasteiger partial charge in [0.25, 0.3) is 0 Å². The second-order valence-corrected chi connectivity index (χ2v) is 4.60. The number of nitrogens with zero attached hydrogens (tertiary/aromatic N) is 4. The van der Waals surface area contributed by atoms with Gasteiger partial charge < -0.3 is 4.98 Å². The molecule has 0 radical (unpaired) electrons. The lowest BCUT2D eigenvalue weighted by Crippen LogP contribution is -1.99. The molecule has 1 N–H and O–H groups in total. The zero-order valence-corrected chi connectivity index (χ0v) is 11.1. The molecule has 0 amide bonds. The van der Waals surface area contributed by atoms with Gasteiger partial charge in [-0.1, -0.05) is 6.07 Å². The minimum Gasteiger partial charge on any atom is -0.345 e. The van der Waals surface area contributed by atoms with Crippen molar-refractivity contribution in [1.29, 1.82) is 5.26 Å². The van der Waals surface area contributed by atoms with E-state index in [2.05, 4.69) is 26.0 Å². The summed E-state index contributed by atoms with van der Waals surface area (Å²) < 4.78 is 0. The number of H-pyrrole nitrogens is 1. The third-order valence-electron chi connectivity index (χ3n) is 3.08. The molecule has 5 heteroatoms. The molecule has 3 aromatic rings. The molecule has 98 valence electrons. The molecule has 5 nitrogen and oxygen atoms in total. The molecule has 1 aromatic carbocycles. The lowest BCUT2D eigenvalue weighted by molar-refractivity contribution is 0.873. The highest BCUT2D eigenvalue weighted by atomic mass is 14.9. The highest BCUT2D eigenvalue weighted by molar-refractivity contribution is 5.80. The number of hydrogen-bond acceptors (Lipinski definition) is 4. The normalized spacial score (nSPS) is 10.6. The maximum absolute atomic E-state index is 8.66. The summed E-state index contributed by atoms with van der Waals surface area (Å²) in [5.41, 5.74) is 4.72. The van der Waals surface area contributed by atoms with Crippen LogP contribution in [0, 0.1) is 18.3 Å². The van der Waals surface area contributed by atoms with E-state index in [9.17, 15) is 0 Å². The standard InChI is InChI=1S/C15H13N5/c1-10-7-13(20-15(19-10)3-2-6-16)11-4-5-12-14(8-11)18-9-17-12/h4-5,7-9H,2-3H2,1H3,(H,17,18). The molecule has 0 atom stereocenters. The van der Waals surface area contributed by atoms with E-state index in [0.29, 0.717) is 18.7 Å². The van der Waals surface area contributed by atoms with Gasteiger partial charge in [0, 0.05) is 24.1 Å². The maximum atomic E-state index is 8.66. The molecule has 0 unspecified atom stereocenters. The summed E-state index contributed by atoms with van der Waals surface area (Å²) in [7, 11) is 0. The predicted molar refractivity (Wildman–Crippen MR) is 75.8 cm³/mol. The van der Waals surface area contributed by atoms with Gasteiger partial charge >= 0.3 is 0 Å². The Morgan fingerprint density at radius 2 is 2.15 bits per heavy atom.